The lowest BCUT2D eigenvalue weighted by Gasteiger charge is -2.22. The summed E-state index contributed by atoms with van der Waals surface area (Å²) in [5.74, 6) is -0.707. The van der Waals surface area contributed by atoms with Crippen molar-refractivity contribution in [2.45, 2.75) is 50.7 Å². The smallest absolute Gasteiger partial charge is 0.309 e. The minimum atomic E-state index is -1.17. The number of nitrogens with one attached hydrogen (secondary N) is 2. The number of aliphatic hydroxyl groups is 1. The molecule has 3 N–H and O–H groups in total. The lowest BCUT2D eigenvalue weighted by Crippen LogP contribution is -2.48. The highest BCUT2D eigenvalue weighted by molar-refractivity contribution is 6.35. The van der Waals surface area contributed by atoms with E-state index in [0.29, 0.717) is 5.76 Å². The fourth-order valence-electron chi connectivity index (χ4n) is 2.52. The third kappa shape index (κ3) is 4.90. The van der Waals surface area contributed by atoms with Crippen molar-refractivity contribution >= 4 is 11.8 Å². The molecule has 116 valence electrons. The number of amides is 2. The number of furan rings is 1. The van der Waals surface area contributed by atoms with Crippen LogP contribution in [0.2, 0.25) is 0 Å². The molecule has 6 nitrogen and oxygen atoms in total. The van der Waals surface area contributed by atoms with Gasteiger partial charge in [0.25, 0.3) is 0 Å². The first kappa shape index (κ1) is 15.6. The van der Waals surface area contributed by atoms with E-state index >= 15 is 0 Å². The van der Waals surface area contributed by atoms with Crippen LogP contribution in [-0.4, -0.2) is 35.1 Å². The fourth-order valence-corrected chi connectivity index (χ4v) is 2.52. The highest BCUT2D eigenvalue weighted by Gasteiger charge is 2.26. The molecule has 1 aromatic rings. The molecule has 1 aliphatic carbocycles. The zero-order valence-corrected chi connectivity index (χ0v) is 12.2. The molecule has 2 rings (SSSR count). The monoisotopic (exact) mass is 294 g/mol. The highest BCUT2D eigenvalue weighted by atomic mass is 16.3. The molecule has 1 heterocycles. The van der Waals surface area contributed by atoms with Crippen molar-refractivity contribution in [2.24, 2.45) is 0 Å². The van der Waals surface area contributed by atoms with Gasteiger partial charge in [-0.05, 0) is 31.9 Å². The Balaban J connectivity index is 1.75. The molecule has 0 radical (unpaired) electrons. The van der Waals surface area contributed by atoms with E-state index in [4.69, 9.17) is 4.42 Å². The van der Waals surface area contributed by atoms with Gasteiger partial charge in [-0.25, -0.2) is 0 Å². The Labute approximate surface area is 123 Å². The predicted octanol–water partition coefficient (Wildman–Crippen LogP) is 0.748. The second-order valence-corrected chi connectivity index (χ2v) is 5.89. The second-order valence-electron chi connectivity index (χ2n) is 5.89. The van der Waals surface area contributed by atoms with E-state index in [1.165, 1.54) is 6.26 Å². The highest BCUT2D eigenvalue weighted by Crippen LogP contribution is 2.17. The first-order chi connectivity index (χ1) is 9.96. The van der Waals surface area contributed by atoms with Crippen LogP contribution in [0, 0.1) is 0 Å². The Kier molecular flexibility index (Phi) is 5.01. The quantitative estimate of drug-likeness (QED) is 0.699. The average molecular weight is 294 g/mol. The molecule has 1 aliphatic rings. The maximum Gasteiger partial charge on any atom is 0.309 e. The summed E-state index contributed by atoms with van der Waals surface area (Å²) in [5.41, 5.74) is -1.17. The molecule has 1 unspecified atom stereocenters. The lowest BCUT2D eigenvalue weighted by molar-refractivity contribution is -0.140. The summed E-state index contributed by atoms with van der Waals surface area (Å²) in [7, 11) is 0. The van der Waals surface area contributed by atoms with Crippen LogP contribution in [0.25, 0.3) is 0 Å². The van der Waals surface area contributed by atoms with Gasteiger partial charge in [-0.1, -0.05) is 12.8 Å². The molecule has 21 heavy (non-hydrogen) atoms. The number of hydrogen-bond donors (Lipinski definition) is 3. The zero-order valence-electron chi connectivity index (χ0n) is 12.2. The van der Waals surface area contributed by atoms with Gasteiger partial charge in [-0.3, -0.25) is 9.59 Å². The van der Waals surface area contributed by atoms with E-state index in [9.17, 15) is 14.7 Å². The lowest BCUT2D eigenvalue weighted by atomic mass is 10.0. The van der Waals surface area contributed by atoms with Crippen molar-refractivity contribution < 1.29 is 19.1 Å². The van der Waals surface area contributed by atoms with Gasteiger partial charge < -0.3 is 20.2 Å². The maximum absolute atomic E-state index is 11.7. The zero-order chi connectivity index (χ0) is 15.3. The van der Waals surface area contributed by atoms with Gasteiger partial charge in [0.15, 0.2) is 0 Å². The summed E-state index contributed by atoms with van der Waals surface area (Å²) >= 11 is 0. The largest absolute Gasteiger partial charge is 0.469 e. The number of carbonyl (C=O) groups is 2. The van der Waals surface area contributed by atoms with Crippen LogP contribution in [0.15, 0.2) is 22.8 Å². The van der Waals surface area contributed by atoms with Crippen molar-refractivity contribution in [3.05, 3.63) is 24.2 Å². The van der Waals surface area contributed by atoms with Crippen LogP contribution in [0.5, 0.6) is 0 Å². The Bertz CT molecular complexity index is 476. The first-order valence-corrected chi connectivity index (χ1v) is 7.30. The number of rotatable bonds is 5. The molecule has 1 atom stereocenters. The summed E-state index contributed by atoms with van der Waals surface area (Å²) in [6.45, 7) is 1.58. The van der Waals surface area contributed by atoms with Crippen molar-refractivity contribution in [1.29, 1.82) is 0 Å². The van der Waals surface area contributed by atoms with E-state index in [1.807, 2.05) is 0 Å². The van der Waals surface area contributed by atoms with E-state index in [0.717, 1.165) is 25.7 Å². The Morgan fingerprint density at radius 2 is 2.10 bits per heavy atom. The standard InChI is InChI=1S/C15H22N2O4/c1-15(20,9-12-7-4-8-21-12)10-16-13(18)14(19)17-11-5-2-3-6-11/h4,7-8,11,20H,2-3,5-6,9-10H2,1H3,(H,16,18)(H,17,19). The van der Waals surface area contributed by atoms with Crippen LogP contribution < -0.4 is 10.6 Å². The minimum absolute atomic E-state index is 0.00931. The van der Waals surface area contributed by atoms with Crippen molar-refractivity contribution in [1.82, 2.24) is 10.6 Å². The number of hydrogen-bond acceptors (Lipinski definition) is 4. The van der Waals surface area contributed by atoms with Crippen LogP contribution in [-0.2, 0) is 16.0 Å². The topological polar surface area (TPSA) is 91.6 Å². The predicted molar refractivity (Wildman–Crippen MR) is 76.4 cm³/mol. The van der Waals surface area contributed by atoms with Crippen molar-refractivity contribution in [3.63, 3.8) is 0 Å². The molecule has 1 aromatic heterocycles. The van der Waals surface area contributed by atoms with E-state index < -0.39 is 17.4 Å². The fraction of sp³-hybridized carbons (Fsp3) is 0.600. The van der Waals surface area contributed by atoms with Gasteiger partial charge in [0, 0.05) is 19.0 Å². The van der Waals surface area contributed by atoms with Gasteiger partial charge in [0.05, 0.1) is 11.9 Å². The van der Waals surface area contributed by atoms with E-state index in [-0.39, 0.29) is 19.0 Å². The number of carbonyl (C=O) groups excluding carboxylic acids is 2. The van der Waals surface area contributed by atoms with Gasteiger partial charge in [0.2, 0.25) is 0 Å². The normalized spacial score (nSPS) is 18.2. The Morgan fingerprint density at radius 3 is 2.71 bits per heavy atom. The molecule has 1 fully saturated rings. The molecule has 0 aromatic carbocycles. The minimum Gasteiger partial charge on any atom is -0.469 e. The summed E-state index contributed by atoms with van der Waals surface area (Å²) in [6, 6.07) is 3.59. The van der Waals surface area contributed by atoms with Crippen LogP contribution >= 0.6 is 0 Å². The van der Waals surface area contributed by atoms with Gasteiger partial charge in [-0.15, -0.1) is 0 Å². The van der Waals surface area contributed by atoms with Crippen LogP contribution in [0.3, 0.4) is 0 Å². The third-order valence-electron chi connectivity index (χ3n) is 3.66. The Hall–Kier alpha value is -1.82. The summed E-state index contributed by atoms with van der Waals surface area (Å²) < 4.78 is 5.16. The molecule has 0 spiro atoms. The molecular formula is C15H22N2O4. The van der Waals surface area contributed by atoms with E-state index in [2.05, 4.69) is 10.6 Å². The van der Waals surface area contributed by atoms with Gasteiger partial charge >= 0.3 is 11.8 Å². The molecule has 6 heteroatoms. The van der Waals surface area contributed by atoms with Crippen LogP contribution in [0.1, 0.15) is 38.4 Å². The molecule has 1 saturated carbocycles. The Morgan fingerprint density at radius 1 is 1.38 bits per heavy atom. The second kappa shape index (κ2) is 6.76. The molecule has 2 amide bonds. The summed E-state index contributed by atoms with van der Waals surface area (Å²) in [6.07, 6.45) is 5.82. The molecule has 0 bridgehead atoms. The van der Waals surface area contributed by atoms with Crippen molar-refractivity contribution in [3.8, 4) is 0 Å². The maximum atomic E-state index is 11.7. The average Bonchev–Trinajstić information content (AvgIpc) is 3.09. The SMILES string of the molecule is CC(O)(CNC(=O)C(=O)NC1CCCC1)Cc1ccco1. The molecule has 0 saturated heterocycles. The first-order valence-electron chi connectivity index (χ1n) is 7.30. The van der Waals surface area contributed by atoms with E-state index in [1.54, 1.807) is 19.1 Å². The summed E-state index contributed by atoms with van der Waals surface area (Å²) in [5, 5.41) is 15.4. The molecule has 0 aliphatic heterocycles. The van der Waals surface area contributed by atoms with Crippen molar-refractivity contribution in [2.75, 3.05) is 6.54 Å². The van der Waals surface area contributed by atoms with Gasteiger partial charge in [0.1, 0.15) is 5.76 Å². The summed E-state index contributed by atoms with van der Waals surface area (Å²) in [4.78, 5) is 23.4. The van der Waals surface area contributed by atoms with Crippen LogP contribution in [0.4, 0.5) is 0 Å². The molecular weight excluding hydrogens is 272 g/mol. The third-order valence-corrected chi connectivity index (χ3v) is 3.66. The van der Waals surface area contributed by atoms with Gasteiger partial charge in [-0.2, -0.15) is 0 Å².